The van der Waals surface area contributed by atoms with Crippen molar-refractivity contribution in [1.29, 1.82) is 0 Å². The molecule has 0 aliphatic heterocycles. The third-order valence-electron chi connectivity index (χ3n) is 3.06. The molecule has 19 heavy (non-hydrogen) atoms. The lowest BCUT2D eigenvalue weighted by atomic mass is 10.0. The van der Waals surface area contributed by atoms with Gasteiger partial charge in [-0.05, 0) is 34.9 Å². The highest BCUT2D eigenvalue weighted by atomic mass is 16.5. The Kier molecular flexibility index (Phi) is 4.42. The van der Waals surface area contributed by atoms with Crippen molar-refractivity contribution in [2.24, 2.45) is 0 Å². The molecule has 0 radical (unpaired) electrons. The molecule has 0 amide bonds. The number of benzene rings is 2. The molecule has 0 aromatic heterocycles. The molecule has 0 spiro atoms. The average Bonchev–Trinajstić information content (AvgIpc) is 2.48. The third kappa shape index (κ3) is 3.26. The van der Waals surface area contributed by atoms with Crippen molar-refractivity contribution in [3.8, 4) is 11.5 Å². The van der Waals surface area contributed by atoms with Gasteiger partial charge in [-0.1, -0.05) is 24.3 Å². The molecule has 2 rings (SSSR count). The van der Waals surface area contributed by atoms with Crippen molar-refractivity contribution < 1.29 is 14.6 Å². The van der Waals surface area contributed by atoms with Crippen LogP contribution >= 0.6 is 0 Å². The average molecular weight is 258 g/mol. The summed E-state index contributed by atoms with van der Waals surface area (Å²) in [5, 5.41) is 9.13. The van der Waals surface area contributed by atoms with Gasteiger partial charge >= 0.3 is 0 Å². The van der Waals surface area contributed by atoms with E-state index in [1.807, 2.05) is 36.4 Å². The van der Waals surface area contributed by atoms with Crippen LogP contribution in [0.25, 0.3) is 0 Å². The van der Waals surface area contributed by atoms with Gasteiger partial charge in [-0.25, -0.2) is 0 Å². The first-order valence-electron chi connectivity index (χ1n) is 6.16. The number of rotatable bonds is 5. The van der Waals surface area contributed by atoms with Crippen molar-refractivity contribution in [3.63, 3.8) is 0 Å². The molecular formula is C16H18O3. The van der Waals surface area contributed by atoms with Crippen LogP contribution < -0.4 is 9.47 Å². The zero-order valence-electron chi connectivity index (χ0n) is 11.2. The van der Waals surface area contributed by atoms with Gasteiger partial charge in [0.15, 0.2) is 0 Å². The Morgan fingerprint density at radius 3 is 2.47 bits per heavy atom. The van der Waals surface area contributed by atoms with Crippen molar-refractivity contribution >= 4 is 0 Å². The minimum Gasteiger partial charge on any atom is -0.497 e. The second-order valence-electron chi connectivity index (χ2n) is 4.33. The van der Waals surface area contributed by atoms with Crippen LogP contribution in [0, 0.1) is 0 Å². The molecule has 0 saturated heterocycles. The van der Waals surface area contributed by atoms with Crippen LogP contribution in [0.1, 0.15) is 16.7 Å². The van der Waals surface area contributed by atoms with E-state index in [4.69, 9.17) is 14.6 Å². The Labute approximate surface area is 113 Å². The van der Waals surface area contributed by atoms with E-state index in [0.29, 0.717) is 0 Å². The maximum absolute atomic E-state index is 9.13. The number of aliphatic hydroxyl groups excluding tert-OH is 1. The van der Waals surface area contributed by atoms with Gasteiger partial charge in [0.25, 0.3) is 0 Å². The van der Waals surface area contributed by atoms with Crippen LogP contribution in [0.15, 0.2) is 42.5 Å². The van der Waals surface area contributed by atoms with Crippen LogP contribution in [-0.2, 0) is 13.0 Å². The van der Waals surface area contributed by atoms with Crippen LogP contribution in [0.3, 0.4) is 0 Å². The fourth-order valence-electron chi connectivity index (χ4n) is 2.04. The van der Waals surface area contributed by atoms with E-state index in [1.54, 1.807) is 14.2 Å². The lowest BCUT2D eigenvalue weighted by Gasteiger charge is -2.10. The normalized spacial score (nSPS) is 10.3. The number of hydrogen-bond acceptors (Lipinski definition) is 3. The van der Waals surface area contributed by atoms with Crippen LogP contribution in [0.2, 0.25) is 0 Å². The van der Waals surface area contributed by atoms with Gasteiger partial charge in [0.05, 0.1) is 20.8 Å². The quantitative estimate of drug-likeness (QED) is 0.896. The summed E-state index contributed by atoms with van der Waals surface area (Å²) in [7, 11) is 3.31. The number of hydrogen-bond donors (Lipinski definition) is 1. The largest absolute Gasteiger partial charge is 0.497 e. The van der Waals surface area contributed by atoms with E-state index >= 15 is 0 Å². The smallest absolute Gasteiger partial charge is 0.122 e. The molecule has 1 N–H and O–H groups in total. The first-order valence-corrected chi connectivity index (χ1v) is 6.16. The second kappa shape index (κ2) is 6.25. The van der Waals surface area contributed by atoms with E-state index in [-0.39, 0.29) is 6.61 Å². The SMILES string of the molecule is COc1cccc(Cc2ccc(CO)cc2OC)c1. The van der Waals surface area contributed by atoms with Gasteiger partial charge in [-0.3, -0.25) is 0 Å². The molecule has 2 aromatic rings. The summed E-state index contributed by atoms with van der Waals surface area (Å²) in [6, 6.07) is 13.7. The van der Waals surface area contributed by atoms with Crippen LogP contribution in [0.5, 0.6) is 11.5 Å². The maximum Gasteiger partial charge on any atom is 0.122 e. The molecular weight excluding hydrogens is 240 g/mol. The first kappa shape index (κ1) is 13.4. The third-order valence-corrected chi connectivity index (χ3v) is 3.06. The number of aliphatic hydroxyl groups is 1. The van der Waals surface area contributed by atoms with Crippen LogP contribution in [0.4, 0.5) is 0 Å². The number of methoxy groups -OCH3 is 2. The molecule has 3 nitrogen and oxygen atoms in total. The van der Waals surface area contributed by atoms with Crippen LogP contribution in [-0.4, -0.2) is 19.3 Å². The van der Waals surface area contributed by atoms with Crippen molar-refractivity contribution in [3.05, 3.63) is 59.2 Å². The monoisotopic (exact) mass is 258 g/mol. The second-order valence-corrected chi connectivity index (χ2v) is 4.33. The van der Waals surface area contributed by atoms with Gasteiger partial charge < -0.3 is 14.6 Å². The lowest BCUT2D eigenvalue weighted by molar-refractivity contribution is 0.281. The molecule has 0 fully saturated rings. The van der Waals surface area contributed by atoms with E-state index in [1.165, 1.54) is 0 Å². The molecule has 3 heteroatoms. The summed E-state index contributed by atoms with van der Waals surface area (Å²) in [4.78, 5) is 0. The molecule has 0 saturated carbocycles. The Bertz CT molecular complexity index is 549. The summed E-state index contributed by atoms with van der Waals surface area (Å²) in [5.41, 5.74) is 3.11. The Morgan fingerprint density at radius 2 is 1.79 bits per heavy atom. The van der Waals surface area contributed by atoms with Gasteiger partial charge in [0, 0.05) is 6.42 Å². The summed E-state index contributed by atoms with van der Waals surface area (Å²) in [6.07, 6.45) is 0.770. The van der Waals surface area contributed by atoms with Crippen molar-refractivity contribution in [2.45, 2.75) is 13.0 Å². The molecule has 100 valence electrons. The molecule has 0 bridgehead atoms. The first-order chi connectivity index (χ1) is 9.26. The van der Waals surface area contributed by atoms with Gasteiger partial charge in [-0.15, -0.1) is 0 Å². The van der Waals surface area contributed by atoms with Crippen molar-refractivity contribution in [1.82, 2.24) is 0 Å². The molecule has 0 atom stereocenters. The summed E-state index contributed by atoms with van der Waals surface area (Å²) in [5.74, 6) is 1.65. The minimum atomic E-state index is 0.0236. The zero-order valence-corrected chi connectivity index (χ0v) is 11.2. The van der Waals surface area contributed by atoms with Gasteiger partial charge in [0.2, 0.25) is 0 Å². The standard InChI is InChI=1S/C16H18O3/c1-18-15-5-3-4-12(9-15)8-14-7-6-13(11-17)10-16(14)19-2/h3-7,9-10,17H,8,11H2,1-2H3. The van der Waals surface area contributed by atoms with Gasteiger partial charge in [0.1, 0.15) is 11.5 Å². The minimum absolute atomic E-state index is 0.0236. The fraction of sp³-hybridized carbons (Fsp3) is 0.250. The molecule has 0 aliphatic carbocycles. The van der Waals surface area contributed by atoms with E-state index in [0.717, 1.165) is 34.6 Å². The Hall–Kier alpha value is -2.00. The highest BCUT2D eigenvalue weighted by Gasteiger charge is 2.06. The van der Waals surface area contributed by atoms with Gasteiger partial charge in [-0.2, -0.15) is 0 Å². The summed E-state index contributed by atoms with van der Waals surface area (Å²) in [6.45, 7) is 0.0236. The highest BCUT2D eigenvalue weighted by Crippen LogP contribution is 2.24. The van der Waals surface area contributed by atoms with E-state index in [2.05, 4.69) is 6.07 Å². The molecule has 0 aliphatic rings. The highest BCUT2D eigenvalue weighted by molar-refractivity contribution is 5.41. The molecule has 2 aromatic carbocycles. The zero-order chi connectivity index (χ0) is 13.7. The predicted octanol–water partition coefficient (Wildman–Crippen LogP) is 2.79. The topological polar surface area (TPSA) is 38.7 Å². The number of ether oxygens (including phenoxy) is 2. The molecule has 0 heterocycles. The maximum atomic E-state index is 9.13. The molecule has 0 unspecified atom stereocenters. The summed E-state index contributed by atoms with van der Waals surface area (Å²) < 4.78 is 10.6. The van der Waals surface area contributed by atoms with E-state index < -0.39 is 0 Å². The fourth-order valence-corrected chi connectivity index (χ4v) is 2.04. The summed E-state index contributed by atoms with van der Waals surface area (Å²) >= 11 is 0. The van der Waals surface area contributed by atoms with Crippen molar-refractivity contribution in [2.75, 3.05) is 14.2 Å². The lowest BCUT2D eigenvalue weighted by Crippen LogP contribution is -1.96. The predicted molar refractivity (Wildman–Crippen MR) is 74.7 cm³/mol. The van der Waals surface area contributed by atoms with E-state index in [9.17, 15) is 0 Å². The Morgan fingerprint density at radius 1 is 0.947 bits per heavy atom. The Balaban J connectivity index is 2.26.